The third-order valence-corrected chi connectivity index (χ3v) is 2.53. The number of benzene rings is 1. The monoisotopic (exact) mass is 236 g/mol. The highest BCUT2D eigenvalue weighted by atomic mass is 35.5. The van der Waals surface area contributed by atoms with E-state index in [2.05, 4.69) is 4.99 Å². The highest BCUT2D eigenvalue weighted by Gasteiger charge is 2.27. The van der Waals surface area contributed by atoms with Crippen LogP contribution in [0.3, 0.4) is 0 Å². The Morgan fingerprint density at radius 2 is 2.31 bits per heavy atom. The third-order valence-electron chi connectivity index (χ3n) is 2.22. The van der Waals surface area contributed by atoms with E-state index in [0.717, 1.165) is 0 Å². The Labute approximate surface area is 97.4 Å². The topological polar surface area (TPSA) is 64.7 Å². The molecule has 1 aromatic carbocycles. The summed E-state index contributed by atoms with van der Waals surface area (Å²) in [5.41, 5.74) is 7.42. The molecule has 0 atom stereocenters. The van der Waals surface area contributed by atoms with Crippen molar-refractivity contribution in [2.24, 2.45) is 4.99 Å². The molecule has 1 aliphatic heterocycles. The van der Waals surface area contributed by atoms with Crippen LogP contribution in [0.2, 0.25) is 5.02 Å². The lowest BCUT2D eigenvalue weighted by atomic mass is 10.1. The molecular formula is C11H9ClN2O2. The average Bonchev–Trinajstić information content (AvgIpc) is 2.64. The molecule has 0 aromatic heterocycles. The van der Waals surface area contributed by atoms with Crippen LogP contribution >= 0.6 is 11.6 Å². The molecular weight excluding hydrogens is 228 g/mol. The fourth-order valence-corrected chi connectivity index (χ4v) is 1.79. The minimum Gasteiger partial charge on any atom is -0.477 e. The number of nitrogens with two attached hydrogens (primary N) is 1. The number of halogens is 1. The summed E-state index contributed by atoms with van der Waals surface area (Å²) in [6.45, 7) is 2.22. The van der Waals surface area contributed by atoms with Crippen molar-refractivity contribution in [3.8, 4) is 0 Å². The Morgan fingerprint density at radius 1 is 1.56 bits per heavy atom. The second-order valence-electron chi connectivity index (χ2n) is 3.19. The van der Waals surface area contributed by atoms with Gasteiger partial charge in [-0.1, -0.05) is 11.6 Å². The van der Waals surface area contributed by atoms with Gasteiger partial charge in [0, 0.05) is 5.56 Å². The van der Waals surface area contributed by atoms with Gasteiger partial charge in [0.1, 0.15) is 17.2 Å². The number of carbonyl (C=O) groups excluding carboxylic acids is 1. The number of nitrogens with zero attached hydrogens (tertiary/aromatic N) is 1. The van der Waals surface area contributed by atoms with Gasteiger partial charge in [-0.05, 0) is 19.1 Å². The van der Waals surface area contributed by atoms with Crippen molar-refractivity contribution >= 4 is 40.4 Å². The predicted molar refractivity (Wildman–Crippen MR) is 63.7 cm³/mol. The van der Waals surface area contributed by atoms with Crippen LogP contribution in [0.4, 0.5) is 11.4 Å². The molecule has 0 unspecified atom stereocenters. The van der Waals surface area contributed by atoms with E-state index in [1.54, 1.807) is 25.0 Å². The Hall–Kier alpha value is -1.77. The van der Waals surface area contributed by atoms with Crippen LogP contribution in [-0.4, -0.2) is 18.4 Å². The number of rotatable bonds is 1. The molecule has 2 N–H and O–H groups in total. The molecule has 0 aliphatic carbocycles. The van der Waals surface area contributed by atoms with Crippen LogP contribution in [-0.2, 0) is 9.53 Å². The van der Waals surface area contributed by atoms with Gasteiger partial charge in [0.15, 0.2) is 0 Å². The predicted octanol–water partition coefficient (Wildman–Crippen LogP) is 2.22. The standard InChI is InChI=1S/C11H9ClN2O2/c1-2-16-11-6(5-15)9-7(12)3-4-8(13)10(9)14-11/h3-4H,2,13H2,1H3. The fourth-order valence-electron chi connectivity index (χ4n) is 1.54. The Balaban J connectivity index is 2.65. The minimum atomic E-state index is 0.229. The van der Waals surface area contributed by atoms with Crippen molar-refractivity contribution in [2.75, 3.05) is 12.3 Å². The molecule has 0 saturated carbocycles. The van der Waals surface area contributed by atoms with Crippen LogP contribution in [0, 0.1) is 0 Å². The summed E-state index contributed by atoms with van der Waals surface area (Å²) in [6, 6.07) is 3.26. The van der Waals surface area contributed by atoms with Crippen molar-refractivity contribution in [1.82, 2.24) is 0 Å². The zero-order chi connectivity index (χ0) is 11.7. The van der Waals surface area contributed by atoms with Gasteiger partial charge < -0.3 is 10.5 Å². The number of fused-ring (bicyclic) bond motifs is 1. The van der Waals surface area contributed by atoms with Crippen molar-refractivity contribution in [3.05, 3.63) is 22.7 Å². The molecule has 0 radical (unpaired) electrons. The Morgan fingerprint density at radius 3 is 2.94 bits per heavy atom. The molecule has 0 saturated heterocycles. The summed E-state index contributed by atoms with van der Waals surface area (Å²) < 4.78 is 5.24. The van der Waals surface area contributed by atoms with E-state index in [9.17, 15) is 4.79 Å². The van der Waals surface area contributed by atoms with Crippen LogP contribution < -0.4 is 5.73 Å². The second-order valence-corrected chi connectivity index (χ2v) is 3.59. The first-order valence-corrected chi connectivity index (χ1v) is 5.12. The lowest BCUT2D eigenvalue weighted by molar-refractivity contribution is 0.333. The number of ether oxygens (including phenoxy) is 1. The van der Waals surface area contributed by atoms with E-state index < -0.39 is 0 Å². The highest BCUT2D eigenvalue weighted by molar-refractivity contribution is 6.40. The number of anilines is 1. The van der Waals surface area contributed by atoms with Gasteiger partial charge in [0.2, 0.25) is 5.90 Å². The van der Waals surface area contributed by atoms with Crippen molar-refractivity contribution < 1.29 is 9.53 Å². The smallest absolute Gasteiger partial charge is 0.233 e. The minimum absolute atomic E-state index is 0.229. The molecule has 4 nitrogen and oxygen atoms in total. The van der Waals surface area contributed by atoms with Gasteiger partial charge >= 0.3 is 0 Å². The van der Waals surface area contributed by atoms with Crippen molar-refractivity contribution in [1.29, 1.82) is 0 Å². The van der Waals surface area contributed by atoms with Gasteiger partial charge in [-0.2, -0.15) is 0 Å². The zero-order valence-corrected chi connectivity index (χ0v) is 9.34. The summed E-state index contributed by atoms with van der Waals surface area (Å²) >= 11 is 6.00. The molecule has 82 valence electrons. The van der Waals surface area contributed by atoms with E-state index in [4.69, 9.17) is 22.1 Å². The SMILES string of the molecule is CCOC1=Nc2c(N)ccc(Cl)c2C1=C=O. The zero-order valence-electron chi connectivity index (χ0n) is 8.58. The highest BCUT2D eigenvalue weighted by Crippen LogP contribution is 2.42. The van der Waals surface area contributed by atoms with Gasteiger partial charge in [-0.3, -0.25) is 0 Å². The Bertz CT molecular complexity index is 531. The number of nitrogen functional groups attached to an aromatic ring is 1. The van der Waals surface area contributed by atoms with Gasteiger partial charge in [0.25, 0.3) is 0 Å². The number of hydrogen-bond acceptors (Lipinski definition) is 4. The summed E-state index contributed by atoms with van der Waals surface area (Å²) in [7, 11) is 0. The molecule has 5 heteroatoms. The third kappa shape index (κ3) is 1.48. The largest absolute Gasteiger partial charge is 0.477 e. The summed E-state index contributed by atoms with van der Waals surface area (Å²) in [5.74, 6) is 2.02. The molecule has 0 fully saturated rings. The van der Waals surface area contributed by atoms with E-state index in [0.29, 0.717) is 28.6 Å². The fraction of sp³-hybridized carbons (Fsp3) is 0.182. The number of aliphatic imine (C=N–C) groups is 1. The summed E-state index contributed by atoms with van der Waals surface area (Å²) in [5, 5.41) is 0.418. The summed E-state index contributed by atoms with van der Waals surface area (Å²) in [6.07, 6.45) is 0. The first-order valence-electron chi connectivity index (χ1n) is 4.74. The van der Waals surface area contributed by atoms with E-state index in [1.165, 1.54) is 0 Å². The Kier molecular flexibility index (Phi) is 2.69. The van der Waals surface area contributed by atoms with Gasteiger partial charge in [-0.25, -0.2) is 9.79 Å². The lowest BCUT2D eigenvalue weighted by Gasteiger charge is -2.03. The molecule has 1 aromatic rings. The summed E-state index contributed by atoms with van der Waals surface area (Å²) in [4.78, 5) is 15.0. The maximum Gasteiger partial charge on any atom is 0.233 e. The molecule has 0 bridgehead atoms. The van der Waals surface area contributed by atoms with E-state index in [-0.39, 0.29) is 11.5 Å². The number of hydrogen-bond donors (Lipinski definition) is 1. The van der Waals surface area contributed by atoms with Crippen LogP contribution in [0.5, 0.6) is 0 Å². The maximum atomic E-state index is 10.9. The quantitative estimate of drug-likeness (QED) is 0.601. The molecule has 2 rings (SSSR count). The lowest BCUT2D eigenvalue weighted by Crippen LogP contribution is -2.03. The van der Waals surface area contributed by atoms with E-state index in [1.807, 2.05) is 0 Å². The van der Waals surface area contributed by atoms with Gasteiger partial charge in [-0.15, -0.1) is 0 Å². The first-order chi connectivity index (χ1) is 7.69. The molecule has 0 amide bonds. The van der Waals surface area contributed by atoms with E-state index >= 15 is 0 Å². The van der Waals surface area contributed by atoms with Crippen LogP contribution in [0.1, 0.15) is 12.5 Å². The molecule has 0 spiro atoms. The molecule has 16 heavy (non-hydrogen) atoms. The van der Waals surface area contributed by atoms with Crippen LogP contribution in [0.15, 0.2) is 17.1 Å². The average molecular weight is 237 g/mol. The maximum absolute atomic E-state index is 10.9. The molecule has 1 heterocycles. The second kappa shape index (κ2) is 4.00. The van der Waals surface area contributed by atoms with Crippen molar-refractivity contribution in [2.45, 2.75) is 6.92 Å². The molecule has 1 aliphatic rings. The normalized spacial score (nSPS) is 13.1. The van der Waals surface area contributed by atoms with Crippen LogP contribution in [0.25, 0.3) is 5.57 Å². The van der Waals surface area contributed by atoms with Gasteiger partial charge in [0.05, 0.1) is 17.3 Å². The first kappa shape index (κ1) is 10.7. The van der Waals surface area contributed by atoms with Crippen molar-refractivity contribution in [3.63, 3.8) is 0 Å².